The van der Waals surface area contributed by atoms with Crippen molar-refractivity contribution in [3.63, 3.8) is 0 Å². The van der Waals surface area contributed by atoms with Crippen molar-refractivity contribution in [2.75, 3.05) is 5.88 Å². The molecule has 3 nitrogen and oxygen atoms in total. The van der Waals surface area contributed by atoms with Gasteiger partial charge in [-0.05, 0) is 29.7 Å². The lowest BCUT2D eigenvalue weighted by Gasteiger charge is -2.06. The number of aromatic amines is 1. The van der Waals surface area contributed by atoms with Crippen LogP contribution in [0, 0.1) is 0 Å². The van der Waals surface area contributed by atoms with Crippen molar-refractivity contribution in [3.8, 4) is 5.75 Å². The molecule has 0 fully saturated rings. The summed E-state index contributed by atoms with van der Waals surface area (Å²) in [5.41, 5.74) is 3.15. The van der Waals surface area contributed by atoms with Gasteiger partial charge in [-0.2, -0.15) is 0 Å². The highest BCUT2D eigenvalue weighted by Gasteiger charge is 2.04. The molecule has 0 spiro atoms. The number of hydrogen-bond acceptors (Lipinski definition) is 2. The number of alkyl halides is 1. The average molecular weight is 372 g/mol. The molecule has 3 rings (SSSR count). The number of carbonyl (C=O) groups is 1. The van der Waals surface area contributed by atoms with Gasteiger partial charge < -0.3 is 14.5 Å². The largest absolute Gasteiger partial charge is 0.489 e. The number of rotatable bonds is 8. The fourth-order valence-electron chi connectivity index (χ4n) is 2.60. The SMILES string of the molecule is CCCCCCl.O=CCc1c[nH]c2cc(OCc3ccccc3)ccc12. The van der Waals surface area contributed by atoms with Crippen molar-refractivity contribution in [2.45, 2.75) is 39.2 Å². The molecule has 0 bridgehead atoms. The zero-order valence-electron chi connectivity index (χ0n) is 15.2. The maximum atomic E-state index is 10.6. The van der Waals surface area contributed by atoms with Crippen LogP contribution in [0.5, 0.6) is 5.75 Å². The van der Waals surface area contributed by atoms with Crippen LogP contribution in [0.2, 0.25) is 0 Å². The summed E-state index contributed by atoms with van der Waals surface area (Å²) in [7, 11) is 0. The minimum atomic E-state index is 0.435. The van der Waals surface area contributed by atoms with E-state index in [-0.39, 0.29) is 0 Å². The minimum absolute atomic E-state index is 0.435. The summed E-state index contributed by atoms with van der Waals surface area (Å²) < 4.78 is 5.78. The molecule has 0 atom stereocenters. The zero-order chi connectivity index (χ0) is 18.6. The molecule has 2 aromatic carbocycles. The molecule has 0 aliphatic heterocycles. The van der Waals surface area contributed by atoms with Crippen LogP contribution in [0.1, 0.15) is 37.3 Å². The van der Waals surface area contributed by atoms with E-state index in [0.29, 0.717) is 13.0 Å². The second-order valence-corrected chi connectivity index (χ2v) is 6.44. The van der Waals surface area contributed by atoms with Gasteiger partial charge in [0.25, 0.3) is 0 Å². The predicted molar refractivity (Wildman–Crippen MR) is 109 cm³/mol. The maximum absolute atomic E-state index is 10.6. The molecule has 0 aliphatic carbocycles. The summed E-state index contributed by atoms with van der Waals surface area (Å²) >= 11 is 5.38. The predicted octanol–water partition coefficient (Wildman–Crippen LogP) is 5.90. The Kier molecular flexibility index (Phi) is 8.77. The van der Waals surface area contributed by atoms with Gasteiger partial charge >= 0.3 is 0 Å². The molecule has 0 amide bonds. The van der Waals surface area contributed by atoms with E-state index < -0.39 is 0 Å². The van der Waals surface area contributed by atoms with Crippen molar-refractivity contribution >= 4 is 28.8 Å². The van der Waals surface area contributed by atoms with Crippen LogP contribution >= 0.6 is 11.6 Å². The third-order valence-corrected chi connectivity index (χ3v) is 4.29. The van der Waals surface area contributed by atoms with Crippen molar-refractivity contribution in [2.24, 2.45) is 0 Å². The Morgan fingerprint density at radius 2 is 1.92 bits per heavy atom. The highest BCUT2D eigenvalue weighted by molar-refractivity contribution is 6.17. The Hall–Kier alpha value is -2.26. The number of aldehydes is 1. The number of nitrogens with one attached hydrogen (secondary N) is 1. The van der Waals surface area contributed by atoms with Gasteiger partial charge in [0.1, 0.15) is 18.6 Å². The summed E-state index contributed by atoms with van der Waals surface area (Å²) in [5, 5.41) is 1.07. The Balaban J connectivity index is 0.000000352. The molecule has 1 N–H and O–H groups in total. The van der Waals surface area contributed by atoms with Crippen LogP contribution in [0.15, 0.2) is 54.7 Å². The molecule has 0 saturated carbocycles. The standard InChI is InChI=1S/C17H15NO2.C5H11Cl/c19-9-8-14-11-18-17-10-15(6-7-16(14)17)20-12-13-4-2-1-3-5-13;1-2-3-4-5-6/h1-7,9-11,18H,8,12H2;2-5H2,1H3. The van der Waals surface area contributed by atoms with Crippen LogP contribution in [0.3, 0.4) is 0 Å². The van der Waals surface area contributed by atoms with Gasteiger partial charge in [0.15, 0.2) is 0 Å². The summed E-state index contributed by atoms with van der Waals surface area (Å²) in [4.78, 5) is 13.8. The van der Waals surface area contributed by atoms with Gasteiger partial charge in [0.2, 0.25) is 0 Å². The van der Waals surface area contributed by atoms with E-state index in [1.165, 1.54) is 19.3 Å². The Bertz CT molecular complexity index is 779. The molecule has 1 heterocycles. The maximum Gasteiger partial charge on any atom is 0.124 e. The first kappa shape index (κ1) is 20.1. The number of halogens is 1. The molecule has 1 aromatic heterocycles. The molecule has 0 aliphatic rings. The second-order valence-electron chi connectivity index (χ2n) is 6.06. The van der Waals surface area contributed by atoms with E-state index in [1.807, 2.05) is 54.7 Å². The first-order chi connectivity index (χ1) is 12.8. The Morgan fingerprint density at radius 3 is 2.58 bits per heavy atom. The van der Waals surface area contributed by atoms with Gasteiger partial charge in [-0.3, -0.25) is 0 Å². The minimum Gasteiger partial charge on any atom is -0.489 e. The Morgan fingerprint density at radius 1 is 1.12 bits per heavy atom. The number of H-pyrrole nitrogens is 1. The number of ether oxygens (including phenoxy) is 1. The van der Waals surface area contributed by atoms with Gasteiger partial charge in [0.05, 0.1) is 0 Å². The van der Waals surface area contributed by atoms with Crippen LogP contribution < -0.4 is 4.74 Å². The molecule has 3 aromatic rings. The van der Waals surface area contributed by atoms with E-state index in [1.54, 1.807) is 0 Å². The van der Waals surface area contributed by atoms with Crippen molar-refractivity contribution < 1.29 is 9.53 Å². The smallest absolute Gasteiger partial charge is 0.124 e. The van der Waals surface area contributed by atoms with Crippen LogP contribution in [0.4, 0.5) is 0 Å². The van der Waals surface area contributed by atoms with E-state index in [2.05, 4.69) is 11.9 Å². The normalized spacial score (nSPS) is 10.2. The fraction of sp³-hybridized carbons (Fsp3) is 0.318. The van der Waals surface area contributed by atoms with Crippen molar-refractivity contribution in [1.82, 2.24) is 4.98 Å². The van der Waals surface area contributed by atoms with E-state index in [9.17, 15) is 4.79 Å². The quantitative estimate of drug-likeness (QED) is 0.304. The molecular formula is C22H26ClNO2. The topological polar surface area (TPSA) is 42.1 Å². The molecule has 0 saturated heterocycles. The number of hydrogen-bond donors (Lipinski definition) is 1. The zero-order valence-corrected chi connectivity index (χ0v) is 16.0. The third-order valence-electron chi connectivity index (χ3n) is 4.03. The van der Waals surface area contributed by atoms with Gasteiger partial charge in [-0.1, -0.05) is 50.1 Å². The molecule has 4 heteroatoms. The number of fused-ring (bicyclic) bond motifs is 1. The van der Waals surface area contributed by atoms with E-state index >= 15 is 0 Å². The molecule has 0 radical (unpaired) electrons. The first-order valence-corrected chi connectivity index (χ1v) is 9.58. The molecular weight excluding hydrogens is 346 g/mol. The summed E-state index contributed by atoms with van der Waals surface area (Å²) in [6.45, 7) is 2.72. The third kappa shape index (κ3) is 6.23. The van der Waals surface area contributed by atoms with E-state index in [0.717, 1.165) is 39.9 Å². The monoisotopic (exact) mass is 371 g/mol. The molecule has 0 unspecified atom stereocenters. The van der Waals surface area contributed by atoms with E-state index in [4.69, 9.17) is 16.3 Å². The van der Waals surface area contributed by atoms with Gasteiger partial charge in [0, 0.05) is 35.5 Å². The van der Waals surface area contributed by atoms with Crippen LogP contribution in [-0.4, -0.2) is 17.2 Å². The highest BCUT2D eigenvalue weighted by Crippen LogP contribution is 2.24. The number of aromatic nitrogens is 1. The fourth-order valence-corrected chi connectivity index (χ4v) is 2.79. The lowest BCUT2D eigenvalue weighted by Crippen LogP contribution is -1.94. The number of unbranched alkanes of at least 4 members (excludes halogenated alkanes) is 2. The highest BCUT2D eigenvalue weighted by atomic mass is 35.5. The summed E-state index contributed by atoms with van der Waals surface area (Å²) in [6.07, 6.45) is 6.96. The lowest BCUT2D eigenvalue weighted by molar-refractivity contribution is -0.107. The molecule has 26 heavy (non-hydrogen) atoms. The van der Waals surface area contributed by atoms with Crippen LogP contribution in [-0.2, 0) is 17.8 Å². The molecule has 138 valence electrons. The number of carbonyl (C=O) groups excluding carboxylic acids is 1. The van der Waals surface area contributed by atoms with Gasteiger partial charge in [-0.15, -0.1) is 11.6 Å². The second kappa shape index (κ2) is 11.4. The average Bonchev–Trinajstić information content (AvgIpc) is 3.08. The van der Waals surface area contributed by atoms with Gasteiger partial charge in [-0.25, -0.2) is 0 Å². The number of benzene rings is 2. The van der Waals surface area contributed by atoms with Crippen LogP contribution in [0.25, 0.3) is 10.9 Å². The van der Waals surface area contributed by atoms with Crippen molar-refractivity contribution in [1.29, 1.82) is 0 Å². The van der Waals surface area contributed by atoms with Crippen molar-refractivity contribution in [3.05, 3.63) is 65.9 Å². The first-order valence-electron chi connectivity index (χ1n) is 9.04. The Labute approximate surface area is 160 Å². The lowest BCUT2D eigenvalue weighted by atomic mass is 10.1. The summed E-state index contributed by atoms with van der Waals surface area (Å²) in [5.74, 6) is 1.65. The summed E-state index contributed by atoms with van der Waals surface area (Å²) in [6, 6.07) is 16.0.